The first-order valence-electron chi connectivity index (χ1n) is 6.50. The van der Waals surface area contributed by atoms with Crippen molar-refractivity contribution in [2.45, 2.75) is 51.0 Å². The largest absolute Gasteiger partial charge is 0.356 e. The molecule has 0 saturated carbocycles. The van der Waals surface area contributed by atoms with Crippen LogP contribution in [-0.2, 0) is 9.59 Å². The van der Waals surface area contributed by atoms with E-state index in [9.17, 15) is 9.59 Å². The van der Waals surface area contributed by atoms with E-state index in [0.717, 1.165) is 51.6 Å². The number of carbonyl (C=O) groups is 2. The molecule has 5 nitrogen and oxygen atoms in total. The van der Waals surface area contributed by atoms with Gasteiger partial charge in [0.1, 0.15) is 0 Å². The Morgan fingerprint density at radius 3 is 2.47 bits per heavy atom. The van der Waals surface area contributed by atoms with Crippen molar-refractivity contribution in [1.82, 2.24) is 10.6 Å². The standard InChI is InChI=1S/C6H12N2O.C6H11NO/c7-5-3-1-2-4-8-6(5)9;8-6-4-2-1-3-5-7-6/h5H,1-4,7H2,(H,8,9);1-5H2,(H,7,8). The summed E-state index contributed by atoms with van der Waals surface area (Å²) in [5.74, 6) is 0.231. The quantitative estimate of drug-likeness (QED) is 0.570. The van der Waals surface area contributed by atoms with Gasteiger partial charge in [-0.25, -0.2) is 0 Å². The Kier molecular flexibility index (Phi) is 6.62. The van der Waals surface area contributed by atoms with E-state index in [0.29, 0.717) is 0 Å². The highest BCUT2D eigenvalue weighted by Gasteiger charge is 2.14. The summed E-state index contributed by atoms with van der Waals surface area (Å²) in [5.41, 5.74) is 5.47. The van der Waals surface area contributed by atoms with Crippen LogP contribution in [0.25, 0.3) is 0 Å². The lowest BCUT2D eigenvalue weighted by Crippen LogP contribution is -2.38. The molecule has 1 atom stereocenters. The first kappa shape index (κ1) is 14.0. The van der Waals surface area contributed by atoms with Gasteiger partial charge < -0.3 is 16.4 Å². The highest BCUT2D eigenvalue weighted by atomic mass is 16.2. The summed E-state index contributed by atoms with van der Waals surface area (Å²) in [4.78, 5) is 21.3. The van der Waals surface area contributed by atoms with Crippen LogP contribution >= 0.6 is 0 Å². The Morgan fingerprint density at radius 1 is 0.941 bits per heavy atom. The Balaban J connectivity index is 0.000000171. The van der Waals surface area contributed by atoms with Crippen LogP contribution in [0.3, 0.4) is 0 Å². The molecule has 1 unspecified atom stereocenters. The van der Waals surface area contributed by atoms with Gasteiger partial charge in [0.25, 0.3) is 0 Å². The third kappa shape index (κ3) is 6.26. The minimum atomic E-state index is -0.257. The molecule has 2 saturated heterocycles. The molecular formula is C12H23N3O2. The zero-order valence-corrected chi connectivity index (χ0v) is 10.3. The highest BCUT2D eigenvalue weighted by Crippen LogP contribution is 2.02. The maximum atomic E-state index is 10.8. The molecule has 17 heavy (non-hydrogen) atoms. The summed E-state index contributed by atoms with van der Waals surface area (Å²) in [6.07, 6.45) is 7.15. The normalized spacial score (nSPS) is 25.6. The van der Waals surface area contributed by atoms with Gasteiger partial charge in [-0.2, -0.15) is 0 Å². The van der Waals surface area contributed by atoms with Crippen LogP contribution in [0.1, 0.15) is 44.9 Å². The van der Waals surface area contributed by atoms with Crippen LogP contribution in [0.5, 0.6) is 0 Å². The lowest BCUT2D eigenvalue weighted by molar-refractivity contribution is -0.122. The fourth-order valence-corrected chi connectivity index (χ4v) is 1.87. The Labute approximate surface area is 103 Å². The van der Waals surface area contributed by atoms with Crippen LogP contribution in [-0.4, -0.2) is 30.9 Å². The number of hydrogen-bond donors (Lipinski definition) is 3. The number of rotatable bonds is 0. The van der Waals surface area contributed by atoms with E-state index >= 15 is 0 Å². The molecule has 0 aromatic heterocycles. The molecule has 2 fully saturated rings. The average molecular weight is 241 g/mol. The Bertz CT molecular complexity index is 246. The topological polar surface area (TPSA) is 84.2 Å². The molecule has 0 spiro atoms. The molecule has 2 aliphatic rings. The minimum Gasteiger partial charge on any atom is -0.356 e. The van der Waals surface area contributed by atoms with E-state index in [-0.39, 0.29) is 17.9 Å². The molecule has 0 aliphatic carbocycles. The molecular weight excluding hydrogens is 218 g/mol. The van der Waals surface area contributed by atoms with Gasteiger partial charge in [-0.1, -0.05) is 6.42 Å². The van der Waals surface area contributed by atoms with Crippen molar-refractivity contribution >= 4 is 11.8 Å². The number of carbonyl (C=O) groups excluding carboxylic acids is 2. The number of nitrogens with two attached hydrogens (primary N) is 1. The molecule has 5 heteroatoms. The molecule has 2 heterocycles. The number of amides is 2. The second kappa shape index (κ2) is 8.06. The van der Waals surface area contributed by atoms with Gasteiger partial charge in [0, 0.05) is 19.5 Å². The average Bonchev–Trinajstić information content (AvgIpc) is 2.65. The third-order valence-corrected chi connectivity index (χ3v) is 2.98. The van der Waals surface area contributed by atoms with Crippen molar-refractivity contribution in [1.29, 1.82) is 0 Å². The molecule has 2 rings (SSSR count). The van der Waals surface area contributed by atoms with E-state index in [2.05, 4.69) is 10.6 Å². The first-order valence-corrected chi connectivity index (χ1v) is 6.50. The van der Waals surface area contributed by atoms with Gasteiger partial charge in [0.05, 0.1) is 6.04 Å². The van der Waals surface area contributed by atoms with E-state index in [4.69, 9.17) is 5.73 Å². The van der Waals surface area contributed by atoms with E-state index in [1.165, 1.54) is 6.42 Å². The van der Waals surface area contributed by atoms with Crippen molar-refractivity contribution in [2.75, 3.05) is 13.1 Å². The molecule has 0 bridgehead atoms. The zero-order chi connectivity index (χ0) is 12.5. The number of hydrogen-bond acceptors (Lipinski definition) is 3. The zero-order valence-electron chi connectivity index (χ0n) is 10.3. The minimum absolute atomic E-state index is 0.00694. The molecule has 4 N–H and O–H groups in total. The van der Waals surface area contributed by atoms with Crippen LogP contribution in [0.4, 0.5) is 0 Å². The Morgan fingerprint density at radius 2 is 1.65 bits per heavy atom. The van der Waals surface area contributed by atoms with Gasteiger partial charge >= 0.3 is 0 Å². The monoisotopic (exact) mass is 241 g/mol. The lowest BCUT2D eigenvalue weighted by Gasteiger charge is -2.03. The van der Waals surface area contributed by atoms with Crippen LogP contribution in [0.2, 0.25) is 0 Å². The molecule has 2 aliphatic heterocycles. The molecule has 0 aromatic rings. The summed E-state index contributed by atoms with van der Waals surface area (Å²) in [6.45, 7) is 1.69. The van der Waals surface area contributed by atoms with Crippen molar-refractivity contribution in [3.05, 3.63) is 0 Å². The predicted molar refractivity (Wildman–Crippen MR) is 66.3 cm³/mol. The predicted octanol–water partition coefficient (Wildman–Crippen LogP) is 0.290. The summed E-state index contributed by atoms with van der Waals surface area (Å²) < 4.78 is 0. The van der Waals surface area contributed by atoms with Gasteiger partial charge in [-0.3, -0.25) is 9.59 Å². The maximum absolute atomic E-state index is 10.8. The van der Waals surface area contributed by atoms with Crippen molar-refractivity contribution < 1.29 is 9.59 Å². The smallest absolute Gasteiger partial charge is 0.236 e. The van der Waals surface area contributed by atoms with Crippen LogP contribution < -0.4 is 16.4 Å². The van der Waals surface area contributed by atoms with Gasteiger partial charge in [-0.15, -0.1) is 0 Å². The third-order valence-electron chi connectivity index (χ3n) is 2.98. The van der Waals surface area contributed by atoms with Crippen LogP contribution in [0, 0.1) is 0 Å². The lowest BCUT2D eigenvalue weighted by atomic mass is 10.1. The number of nitrogens with one attached hydrogen (secondary N) is 2. The van der Waals surface area contributed by atoms with Gasteiger partial charge in [0.15, 0.2) is 0 Å². The fraction of sp³-hybridized carbons (Fsp3) is 0.833. The molecule has 98 valence electrons. The molecule has 0 radical (unpaired) electrons. The van der Waals surface area contributed by atoms with E-state index in [1.807, 2.05) is 0 Å². The van der Waals surface area contributed by atoms with E-state index < -0.39 is 0 Å². The second-order valence-corrected chi connectivity index (χ2v) is 4.55. The highest BCUT2D eigenvalue weighted by molar-refractivity contribution is 5.81. The fourth-order valence-electron chi connectivity index (χ4n) is 1.87. The summed E-state index contributed by atoms with van der Waals surface area (Å²) >= 11 is 0. The van der Waals surface area contributed by atoms with E-state index in [1.54, 1.807) is 0 Å². The SMILES string of the molecule is NC1CCCCNC1=O.O=C1CCCCCN1. The summed E-state index contributed by atoms with van der Waals surface area (Å²) in [6, 6.07) is -0.257. The maximum Gasteiger partial charge on any atom is 0.236 e. The van der Waals surface area contributed by atoms with Gasteiger partial charge in [0.2, 0.25) is 11.8 Å². The molecule has 0 aromatic carbocycles. The van der Waals surface area contributed by atoms with Crippen molar-refractivity contribution in [2.24, 2.45) is 5.73 Å². The molecule has 2 amide bonds. The second-order valence-electron chi connectivity index (χ2n) is 4.55. The van der Waals surface area contributed by atoms with Gasteiger partial charge in [-0.05, 0) is 32.1 Å². The first-order chi connectivity index (χ1) is 8.20. The van der Waals surface area contributed by atoms with Crippen LogP contribution in [0.15, 0.2) is 0 Å². The van der Waals surface area contributed by atoms with Crippen molar-refractivity contribution in [3.8, 4) is 0 Å². The summed E-state index contributed by atoms with van der Waals surface area (Å²) in [5, 5.41) is 5.54. The van der Waals surface area contributed by atoms with Crippen molar-refractivity contribution in [3.63, 3.8) is 0 Å². The summed E-state index contributed by atoms with van der Waals surface area (Å²) in [7, 11) is 0. The Hall–Kier alpha value is -1.10.